The third-order valence-corrected chi connectivity index (χ3v) is 11.0. The number of anilines is 2. The molecule has 0 saturated carbocycles. The average molecular weight is 570 g/mol. The van der Waals surface area contributed by atoms with Crippen LogP contribution in [0.1, 0.15) is 46.5 Å². The zero-order chi connectivity index (χ0) is 27.8. The highest BCUT2D eigenvalue weighted by molar-refractivity contribution is 7.89. The summed E-state index contributed by atoms with van der Waals surface area (Å²) in [7, 11) is -3.60. The average Bonchev–Trinajstić information content (AvgIpc) is 3.28. The normalized spacial score (nSPS) is 19.7. The maximum absolute atomic E-state index is 13.6. The Morgan fingerprint density at radius 2 is 1.72 bits per heavy atom. The van der Waals surface area contributed by atoms with Gasteiger partial charge in [-0.1, -0.05) is 29.5 Å². The van der Waals surface area contributed by atoms with E-state index in [0.717, 1.165) is 49.0 Å². The van der Waals surface area contributed by atoms with E-state index >= 15 is 0 Å². The van der Waals surface area contributed by atoms with Crippen molar-refractivity contribution in [2.24, 2.45) is 5.41 Å². The van der Waals surface area contributed by atoms with Crippen molar-refractivity contribution < 1.29 is 18.0 Å². The molecule has 2 aliphatic heterocycles. The lowest BCUT2D eigenvalue weighted by Gasteiger charge is -2.53. The van der Waals surface area contributed by atoms with E-state index in [9.17, 15) is 18.0 Å². The number of nitrogens with one attached hydrogen (secondary N) is 2. The number of fused-ring (bicyclic) bond motifs is 1. The molecular formula is C28H35N5O4S2. The lowest BCUT2D eigenvalue weighted by Crippen LogP contribution is -2.59. The molecule has 1 spiro atoms. The van der Waals surface area contributed by atoms with Gasteiger partial charge in [0, 0.05) is 24.7 Å². The summed E-state index contributed by atoms with van der Waals surface area (Å²) < 4.78 is 29.8. The summed E-state index contributed by atoms with van der Waals surface area (Å²) >= 11 is 1.37. The number of nitrogens with zero attached hydrogens (tertiary/aromatic N) is 3. The third kappa shape index (κ3) is 6.01. The molecule has 0 atom stereocenters. The number of hydrogen-bond acceptors (Lipinski definition) is 7. The van der Waals surface area contributed by atoms with Crippen LogP contribution in [-0.4, -0.2) is 66.1 Å². The van der Waals surface area contributed by atoms with Crippen molar-refractivity contribution in [3.63, 3.8) is 0 Å². The van der Waals surface area contributed by atoms with Crippen LogP contribution in [0.4, 0.5) is 10.8 Å². The Kier molecular flexibility index (Phi) is 7.53. The van der Waals surface area contributed by atoms with E-state index in [0.29, 0.717) is 22.3 Å². The van der Waals surface area contributed by atoms with Gasteiger partial charge in [-0.2, -0.15) is 4.31 Å². The standard InChI is InChI=1S/C28H35N5O4S2/c1-20(34)29-21-9-10-23-24(17-21)38-26(30-23)31-25(35)18-32-15-13-28(14-16-32)12-11-27(2,3)33(19-28)39(36,37)22-7-5-4-6-8-22/h4-10,17H,11-16,18-19H2,1-3H3,(H,29,34)(H,30,31,35). The molecule has 208 valence electrons. The van der Waals surface area contributed by atoms with E-state index in [4.69, 9.17) is 0 Å². The second-order valence-electron chi connectivity index (χ2n) is 11.3. The van der Waals surface area contributed by atoms with Crippen LogP contribution in [0.5, 0.6) is 0 Å². The van der Waals surface area contributed by atoms with Crippen LogP contribution in [0.3, 0.4) is 0 Å². The quantitative estimate of drug-likeness (QED) is 0.451. The number of benzene rings is 2. The lowest BCUT2D eigenvalue weighted by molar-refractivity contribution is -0.118. The number of amides is 2. The van der Waals surface area contributed by atoms with Gasteiger partial charge >= 0.3 is 0 Å². The Labute approximate surface area is 233 Å². The highest BCUT2D eigenvalue weighted by Gasteiger charge is 2.49. The molecule has 2 aliphatic rings. The van der Waals surface area contributed by atoms with Gasteiger partial charge in [0.15, 0.2) is 5.13 Å². The molecular weight excluding hydrogens is 534 g/mol. The predicted octanol–water partition coefficient (Wildman–Crippen LogP) is 4.54. The summed E-state index contributed by atoms with van der Waals surface area (Å²) in [5.41, 5.74) is 0.930. The molecule has 0 radical (unpaired) electrons. The molecule has 11 heteroatoms. The van der Waals surface area contributed by atoms with E-state index in [1.54, 1.807) is 34.6 Å². The summed E-state index contributed by atoms with van der Waals surface area (Å²) in [4.78, 5) is 31.1. The summed E-state index contributed by atoms with van der Waals surface area (Å²) in [5, 5.41) is 6.20. The zero-order valence-electron chi connectivity index (χ0n) is 22.6. The van der Waals surface area contributed by atoms with Gasteiger partial charge in [-0.05, 0) is 88.4 Å². The highest BCUT2D eigenvalue weighted by atomic mass is 32.2. The smallest absolute Gasteiger partial charge is 0.243 e. The first-order valence-electron chi connectivity index (χ1n) is 13.2. The molecule has 3 heterocycles. The minimum absolute atomic E-state index is 0.0804. The van der Waals surface area contributed by atoms with Gasteiger partial charge in [0.2, 0.25) is 21.8 Å². The molecule has 2 fully saturated rings. The fourth-order valence-electron chi connectivity index (χ4n) is 5.64. The fourth-order valence-corrected chi connectivity index (χ4v) is 8.50. The molecule has 9 nitrogen and oxygen atoms in total. The van der Waals surface area contributed by atoms with Gasteiger partial charge in [-0.3, -0.25) is 14.5 Å². The molecule has 0 aliphatic carbocycles. The van der Waals surface area contributed by atoms with Gasteiger partial charge in [0.25, 0.3) is 0 Å². The molecule has 3 aromatic rings. The topological polar surface area (TPSA) is 112 Å². The first-order valence-corrected chi connectivity index (χ1v) is 15.5. The van der Waals surface area contributed by atoms with Crippen LogP contribution in [0.2, 0.25) is 0 Å². The second kappa shape index (κ2) is 10.6. The Morgan fingerprint density at radius 1 is 1.00 bits per heavy atom. The van der Waals surface area contributed by atoms with Gasteiger partial charge in [-0.25, -0.2) is 13.4 Å². The molecule has 0 bridgehead atoms. The van der Waals surface area contributed by atoms with Crippen molar-refractivity contribution in [1.82, 2.24) is 14.2 Å². The SMILES string of the molecule is CC(=O)Nc1ccc2nc(NC(=O)CN3CCC4(CC3)CCC(C)(C)N(S(=O)(=O)c3ccccc3)C4)sc2c1. The van der Waals surface area contributed by atoms with Gasteiger partial charge < -0.3 is 10.6 Å². The number of aromatic nitrogens is 1. The maximum Gasteiger partial charge on any atom is 0.243 e. The molecule has 2 amide bonds. The number of carbonyl (C=O) groups is 2. The van der Waals surface area contributed by atoms with Crippen LogP contribution in [-0.2, 0) is 19.6 Å². The van der Waals surface area contributed by atoms with E-state index in [1.807, 2.05) is 32.0 Å². The molecule has 2 saturated heterocycles. The van der Waals surface area contributed by atoms with Gasteiger partial charge in [-0.15, -0.1) is 0 Å². The number of carbonyl (C=O) groups excluding carboxylic acids is 2. The summed E-state index contributed by atoms with van der Waals surface area (Å²) in [5.74, 6) is -0.261. The van der Waals surface area contributed by atoms with Crippen LogP contribution in [0.15, 0.2) is 53.4 Å². The number of sulfonamides is 1. The number of piperidine rings is 2. The van der Waals surface area contributed by atoms with E-state index in [2.05, 4.69) is 20.5 Å². The van der Waals surface area contributed by atoms with Gasteiger partial charge in [0.05, 0.1) is 21.7 Å². The van der Waals surface area contributed by atoms with E-state index in [-0.39, 0.29) is 23.8 Å². The highest BCUT2D eigenvalue weighted by Crippen LogP contribution is 2.46. The monoisotopic (exact) mass is 569 g/mol. The Morgan fingerprint density at radius 3 is 2.41 bits per heavy atom. The molecule has 2 aromatic carbocycles. The van der Waals surface area contributed by atoms with Crippen molar-refractivity contribution in [1.29, 1.82) is 0 Å². The van der Waals surface area contributed by atoms with E-state index < -0.39 is 15.6 Å². The van der Waals surface area contributed by atoms with E-state index in [1.165, 1.54) is 18.3 Å². The van der Waals surface area contributed by atoms with Crippen LogP contribution in [0.25, 0.3) is 10.2 Å². The van der Waals surface area contributed by atoms with Crippen LogP contribution in [0, 0.1) is 5.41 Å². The van der Waals surface area contributed by atoms with Crippen molar-refractivity contribution >= 4 is 54.2 Å². The van der Waals surface area contributed by atoms with Crippen molar-refractivity contribution in [3.05, 3.63) is 48.5 Å². The van der Waals surface area contributed by atoms with Gasteiger partial charge in [0.1, 0.15) is 0 Å². The van der Waals surface area contributed by atoms with Crippen molar-refractivity contribution in [2.45, 2.75) is 56.9 Å². The summed E-state index contributed by atoms with van der Waals surface area (Å²) in [6, 6.07) is 14.2. The fraction of sp³-hybridized carbons (Fsp3) is 0.464. The third-order valence-electron chi connectivity index (χ3n) is 7.99. The molecule has 5 rings (SSSR count). The largest absolute Gasteiger partial charge is 0.326 e. The molecule has 0 unspecified atom stereocenters. The second-order valence-corrected chi connectivity index (χ2v) is 14.2. The minimum Gasteiger partial charge on any atom is -0.326 e. The molecule has 39 heavy (non-hydrogen) atoms. The Bertz CT molecular complexity index is 1480. The van der Waals surface area contributed by atoms with Crippen molar-refractivity contribution in [3.8, 4) is 0 Å². The maximum atomic E-state index is 13.6. The zero-order valence-corrected chi connectivity index (χ0v) is 24.2. The molecule has 2 N–H and O–H groups in total. The number of likely N-dealkylation sites (tertiary alicyclic amines) is 1. The molecule has 1 aromatic heterocycles. The summed E-state index contributed by atoms with van der Waals surface area (Å²) in [6.07, 6.45) is 3.49. The predicted molar refractivity (Wildman–Crippen MR) is 154 cm³/mol. The number of hydrogen-bond donors (Lipinski definition) is 2. The van der Waals surface area contributed by atoms with Crippen LogP contribution >= 0.6 is 11.3 Å². The van der Waals surface area contributed by atoms with Crippen molar-refractivity contribution in [2.75, 3.05) is 36.8 Å². The summed E-state index contributed by atoms with van der Waals surface area (Å²) in [6.45, 7) is 7.75. The first kappa shape index (κ1) is 27.7. The first-order chi connectivity index (χ1) is 18.5. The number of rotatable bonds is 6. The minimum atomic E-state index is -3.60. The Balaban J connectivity index is 1.19. The Hall–Kier alpha value is -2.86. The van der Waals surface area contributed by atoms with Crippen LogP contribution < -0.4 is 10.6 Å². The lowest BCUT2D eigenvalue weighted by atomic mass is 9.69. The number of thiazole rings is 1.